The van der Waals surface area contributed by atoms with E-state index >= 15 is 0 Å². The topological polar surface area (TPSA) is 61.7 Å². The van der Waals surface area contributed by atoms with Gasteiger partial charge in [0.25, 0.3) is 0 Å². The minimum absolute atomic E-state index is 0.547. The minimum Gasteiger partial charge on any atom is -0.453 e. The second-order valence-electron chi connectivity index (χ2n) is 13.7. The predicted molar refractivity (Wildman–Crippen MR) is 225 cm³/mol. The normalized spacial score (nSPS) is 11.7. The summed E-state index contributed by atoms with van der Waals surface area (Å²) in [4.78, 5) is 15.0. The van der Waals surface area contributed by atoms with Crippen molar-refractivity contribution < 1.29 is 4.42 Å². The van der Waals surface area contributed by atoms with Crippen molar-refractivity contribution in [3.63, 3.8) is 0 Å². The summed E-state index contributed by atoms with van der Waals surface area (Å²) in [7, 11) is 0. The van der Waals surface area contributed by atoms with Gasteiger partial charge in [-0.05, 0) is 42.5 Å². The maximum atomic E-state index is 7.06. The third-order valence-electron chi connectivity index (χ3n) is 10.5. The molecule has 0 amide bonds. The summed E-state index contributed by atoms with van der Waals surface area (Å²) < 4.78 is 11.7. The molecule has 0 aliphatic rings. The summed E-state index contributed by atoms with van der Waals surface area (Å²) >= 11 is 0. The van der Waals surface area contributed by atoms with Gasteiger partial charge in [0.1, 0.15) is 5.58 Å². The van der Waals surface area contributed by atoms with Crippen molar-refractivity contribution in [3.8, 4) is 45.5 Å². The van der Waals surface area contributed by atoms with Gasteiger partial charge in [0.15, 0.2) is 23.1 Å². The monoisotopic (exact) mass is 705 g/mol. The molecule has 0 aliphatic heterocycles. The third-order valence-corrected chi connectivity index (χ3v) is 10.5. The molecule has 0 atom stereocenters. The first-order valence-corrected chi connectivity index (χ1v) is 18.3. The smallest absolute Gasteiger partial charge is 0.167 e. The molecule has 4 aromatic heterocycles. The Hall–Kier alpha value is -7.57. The van der Waals surface area contributed by atoms with Crippen LogP contribution in [-0.4, -0.2) is 24.1 Å². The largest absolute Gasteiger partial charge is 0.453 e. The van der Waals surface area contributed by atoms with Crippen LogP contribution in [0.5, 0.6) is 0 Å². The number of benzene rings is 7. The second-order valence-corrected chi connectivity index (χ2v) is 13.7. The van der Waals surface area contributed by atoms with Crippen molar-refractivity contribution in [1.29, 1.82) is 0 Å². The minimum atomic E-state index is 0.547. The molecule has 11 aromatic rings. The Morgan fingerprint density at radius 2 is 1.07 bits per heavy atom. The molecule has 0 aliphatic carbocycles. The molecule has 0 bridgehead atoms. The van der Waals surface area contributed by atoms with Gasteiger partial charge >= 0.3 is 0 Å². The average molecular weight is 706 g/mol. The summed E-state index contributed by atoms with van der Waals surface area (Å²) in [6.45, 7) is 4.28. The number of hydrogen-bond acceptors (Lipinski definition) is 4. The van der Waals surface area contributed by atoms with Gasteiger partial charge in [-0.2, -0.15) is 0 Å². The number of rotatable bonds is 6. The van der Waals surface area contributed by atoms with Gasteiger partial charge in [-0.25, -0.2) is 15.0 Å². The van der Waals surface area contributed by atoms with Crippen LogP contribution in [0.2, 0.25) is 0 Å². The fourth-order valence-corrected chi connectivity index (χ4v) is 8.10. The Morgan fingerprint density at radius 3 is 1.78 bits per heavy atom. The Labute approximate surface area is 315 Å². The highest BCUT2D eigenvalue weighted by molar-refractivity contribution is 6.19. The number of fused-ring (bicyclic) bond motifs is 8. The molecule has 0 fully saturated rings. The first kappa shape index (κ1) is 31.0. The molecule has 0 spiro atoms. The van der Waals surface area contributed by atoms with Crippen LogP contribution < -0.4 is 0 Å². The van der Waals surface area contributed by atoms with Crippen molar-refractivity contribution in [2.45, 2.75) is 0 Å². The van der Waals surface area contributed by atoms with Crippen molar-refractivity contribution in [2.24, 2.45) is 0 Å². The van der Waals surface area contributed by atoms with Gasteiger partial charge in [-0.1, -0.05) is 140 Å². The summed E-state index contributed by atoms with van der Waals surface area (Å²) in [6, 6.07) is 58.5. The Bertz CT molecular complexity index is 3210. The standard InChI is InChI=1S/C49H31N5O/c1-2-34-30-33-28-29-37-36-22-12-13-26-41(36)54(35-20-10-5-11-21-35)44(37)43(33)53(34)42-27-15-24-39-38-23-14-25-40(45(38)55-46(39)42)49-51-47(31-16-6-3-7-17-31)50-48(52-49)32-18-8-4-9-19-32/h2-30H,1H2. The Morgan fingerprint density at radius 1 is 0.473 bits per heavy atom. The van der Waals surface area contributed by atoms with E-state index in [1.807, 2.05) is 72.8 Å². The Balaban J connectivity index is 1.20. The quantitative estimate of drug-likeness (QED) is 0.173. The molecule has 0 unspecified atom stereocenters. The van der Waals surface area contributed by atoms with E-state index in [1.54, 1.807) is 0 Å². The highest BCUT2D eigenvalue weighted by Crippen LogP contribution is 2.42. The van der Waals surface area contributed by atoms with Crippen LogP contribution in [0.15, 0.2) is 181 Å². The molecule has 55 heavy (non-hydrogen) atoms. The van der Waals surface area contributed by atoms with Crippen LogP contribution in [0.25, 0.3) is 106 Å². The van der Waals surface area contributed by atoms with Crippen molar-refractivity contribution in [1.82, 2.24) is 24.1 Å². The lowest BCUT2D eigenvalue weighted by Gasteiger charge is -2.13. The summed E-state index contributed by atoms with van der Waals surface area (Å²) in [5.74, 6) is 1.75. The van der Waals surface area contributed by atoms with Gasteiger partial charge in [0.2, 0.25) is 0 Å². The summed E-state index contributed by atoms with van der Waals surface area (Å²) in [5.41, 5.74) is 10.5. The lowest BCUT2D eigenvalue weighted by atomic mass is 10.1. The predicted octanol–water partition coefficient (Wildman–Crippen LogP) is 12.5. The zero-order chi connectivity index (χ0) is 36.5. The zero-order valence-electron chi connectivity index (χ0n) is 29.6. The number of hydrogen-bond donors (Lipinski definition) is 0. The van der Waals surface area contributed by atoms with E-state index in [0.29, 0.717) is 23.1 Å². The van der Waals surface area contributed by atoms with Gasteiger partial charge in [0, 0.05) is 49.4 Å². The van der Waals surface area contributed by atoms with E-state index in [9.17, 15) is 0 Å². The van der Waals surface area contributed by atoms with Crippen LogP contribution in [-0.2, 0) is 0 Å². The van der Waals surface area contributed by atoms with Crippen molar-refractivity contribution >= 4 is 60.7 Å². The first-order chi connectivity index (χ1) is 27.2. The van der Waals surface area contributed by atoms with E-state index < -0.39 is 0 Å². The maximum Gasteiger partial charge on any atom is 0.167 e. The molecule has 0 saturated carbocycles. The second kappa shape index (κ2) is 12.3. The third kappa shape index (κ3) is 4.78. The first-order valence-electron chi connectivity index (χ1n) is 18.3. The van der Waals surface area contributed by atoms with Crippen molar-refractivity contribution in [2.75, 3.05) is 0 Å². The van der Waals surface area contributed by atoms with Crippen molar-refractivity contribution in [3.05, 3.63) is 182 Å². The van der Waals surface area contributed by atoms with Gasteiger partial charge in [0.05, 0.1) is 27.8 Å². The fraction of sp³-hybridized carbons (Fsp3) is 0. The fourth-order valence-electron chi connectivity index (χ4n) is 8.10. The Kier molecular flexibility index (Phi) is 6.91. The lowest BCUT2D eigenvalue weighted by Crippen LogP contribution is -2.00. The number of nitrogens with zero attached hydrogens (tertiary/aromatic N) is 5. The van der Waals surface area contributed by atoms with E-state index in [0.717, 1.165) is 72.1 Å². The van der Waals surface area contributed by atoms with Crippen LogP contribution >= 0.6 is 0 Å². The van der Waals surface area contributed by atoms with Crippen LogP contribution in [0.3, 0.4) is 0 Å². The van der Waals surface area contributed by atoms with Crippen LogP contribution in [0.1, 0.15) is 5.69 Å². The molecule has 0 N–H and O–H groups in total. The molecule has 258 valence electrons. The molecule has 0 radical (unpaired) electrons. The van der Waals surface area contributed by atoms with E-state index in [2.05, 4.69) is 119 Å². The SMILES string of the molecule is C=Cc1cc2ccc3c4ccccc4n(-c4ccccc4)c3c2n1-c1cccc2c1oc1c(-c3nc(-c4ccccc4)nc(-c4ccccc4)n3)cccc12. The van der Waals surface area contributed by atoms with Gasteiger partial charge < -0.3 is 13.6 Å². The number of aromatic nitrogens is 5. The van der Waals surface area contributed by atoms with Gasteiger partial charge in [-0.15, -0.1) is 0 Å². The molecule has 6 nitrogen and oxygen atoms in total. The maximum absolute atomic E-state index is 7.06. The number of para-hydroxylation sites is 4. The molecule has 11 rings (SSSR count). The molecular formula is C49H31N5O. The highest BCUT2D eigenvalue weighted by atomic mass is 16.3. The van der Waals surface area contributed by atoms with Crippen LogP contribution in [0.4, 0.5) is 0 Å². The van der Waals surface area contributed by atoms with Gasteiger partial charge in [-0.3, -0.25) is 0 Å². The highest BCUT2D eigenvalue weighted by Gasteiger charge is 2.23. The number of furan rings is 1. The summed E-state index contributed by atoms with van der Waals surface area (Å²) in [6.07, 6.45) is 1.93. The lowest BCUT2D eigenvalue weighted by molar-refractivity contribution is 0.666. The van der Waals surface area contributed by atoms with E-state index in [4.69, 9.17) is 19.4 Å². The molecular weight excluding hydrogens is 675 g/mol. The van der Waals surface area contributed by atoms with E-state index in [-0.39, 0.29) is 0 Å². The molecule has 4 heterocycles. The molecule has 0 saturated heterocycles. The molecule has 6 heteroatoms. The van der Waals surface area contributed by atoms with E-state index in [1.165, 1.54) is 10.8 Å². The van der Waals surface area contributed by atoms with Crippen LogP contribution in [0, 0.1) is 0 Å². The molecule has 7 aromatic carbocycles. The zero-order valence-corrected chi connectivity index (χ0v) is 29.6. The average Bonchev–Trinajstić information content (AvgIpc) is 3.94. The summed E-state index contributed by atoms with van der Waals surface area (Å²) in [5, 5.41) is 5.48.